The molecule has 0 bridgehead atoms. The average Bonchev–Trinajstić information content (AvgIpc) is 2.53. The van der Waals surface area contributed by atoms with Crippen LogP contribution in [0, 0.1) is 0 Å². The van der Waals surface area contributed by atoms with Crippen molar-refractivity contribution in [3.8, 4) is 5.75 Å². The molecular weight excluding hydrogens is 280 g/mol. The lowest BCUT2D eigenvalue weighted by Gasteiger charge is -2.18. The maximum Gasteiger partial charge on any atom is 0.119 e. The van der Waals surface area contributed by atoms with Crippen molar-refractivity contribution in [1.82, 2.24) is 10.2 Å². The van der Waals surface area contributed by atoms with E-state index in [4.69, 9.17) is 17.0 Å². The maximum absolute atomic E-state index is 5.57. The number of benzene rings is 1. The Balaban J connectivity index is 2.31. The van der Waals surface area contributed by atoms with Gasteiger partial charge in [0.1, 0.15) is 10.7 Å². The molecule has 0 radical (unpaired) electrons. The van der Waals surface area contributed by atoms with Gasteiger partial charge in [-0.15, -0.1) is 0 Å². The highest BCUT2D eigenvalue weighted by atomic mass is 32.1. The number of nitrogens with zero attached hydrogens (tertiary/aromatic N) is 1. The Kier molecular flexibility index (Phi) is 9.02. The fraction of sp³-hybridized carbons (Fsp3) is 0.588. The van der Waals surface area contributed by atoms with Gasteiger partial charge in [-0.3, -0.25) is 0 Å². The summed E-state index contributed by atoms with van der Waals surface area (Å²) >= 11 is 5.42. The van der Waals surface area contributed by atoms with Gasteiger partial charge in [-0.25, -0.2) is 0 Å². The fourth-order valence-electron chi connectivity index (χ4n) is 2.07. The normalized spacial score (nSPS) is 10.7. The quantitative estimate of drug-likeness (QED) is 0.528. The third-order valence-corrected chi connectivity index (χ3v) is 3.80. The van der Waals surface area contributed by atoms with Gasteiger partial charge in [-0.1, -0.05) is 33.0 Å². The Morgan fingerprint density at radius 1 is 1.14 bits per heavy atom. The number of ether oxygens (including phenoxy) is 1. The summed E-state index contributed by atoms with van der Waals surface area (Å²) in [5, 5.41) is 3.33. The van der Waals surface area contributed by atoms with E-state index < -0.39 is 0 Å². The Labute approximate surface area is 134 Å². The average molecular weight is 308 g/mol. The first kappa shape index (κ1) is 17.9. The molecule has 3 nitrogen and oxygen atoms in total. The SMILES string of the molecule is CCCOc1ccc(C(=S)NCCCN(CC)CC)cc1. The molecule has 0 spiro atoms. The Morgan fingerprint density at radius 3 is 2.38 bits per heavy atom. The topological polar surface area (TPSA) is 24.5 Å². The van der Waals surface area contributed by atoms with Gasteiger partial charge in [0.15, 0.2) is 0 Å². The van der Waals surface area contributed by atoms with Crippen molar-refractivity contribution < 1.29 is 4.74 Å². The molecule has 0 saturated carbocycles. The molecule has 1 rings (SSSR count). The van der Waals surface area contributed by atoms with Crippen LogP contribution in [0.5, 0.6) is 5.75 Å². The smallest absolute Gasteiger partial charge is 0.119 e. The second-order valence-electron chi connectivity index (χ2n) is 5.01. The molecule has 0 fully saturated rings. The third-order valence-electron chi connectivity index (χ3n) is 3.42. The molecule has 0 aliphatic heterocycles. The second kappa shape index (κ2) is 10.6. The first-order valence-electron chi connectivity index (χ1n) is 7.94. The molecule has 21 heavy (non-hydrogen) atoms. The molecular formula is C17H28N2OS. The lowest BCUT2D eigenvalue weighted by molar-refractivity contribution is 0.300. The molecule has 0 unspecified atom stereocenters. The van der Waals surface area contributed by atoms with Crippen LogP contribution in [0.1, 0.15) is 39.2 Å². The summed E-state index contributed by atoms with van der Waals surface area (Å²) in [4.78, 5) is 3.24. The van der Waals surface area contributed by atoms with Gasteiger partial charge >= 0.3 is 0 Å². The molecule has 4 heteroatoms. The first-order chi connectivity index (χ1) is 10.2. The van der Waals surface area contributed by atoms with E-state index in [0.29, 0.717) is 0 Å². The lowest BCUT2D eigenvalue weighted by atomic mass is 10.2. The van der Waals surface area contributed by atoms with Gasteiger partial charge in [0, 0.05) is 12.1 Å². The highest BCUT2D eigenvalue weighted by molar-refractivity contribution is 7.80. The van der Waals surface area contributed by atoms with E-state index in [1.807, 2.05) is 24.3 Å². The molecule has 0 heterocycles. The van der Waals surface area contributed by atoms with Crippen molar-refractivity contribution in [1.29, 1.82) is 0 Å². The van der Waals surface area contributed by atoms with Crippen LogP contribution in [0.25, 0.3) is 0 Å². The Morgan fingerprint density at radius 2 is 1.81 bits per heavy atom. The predicted octanol–water partition coefficient (Wildman–Crippen LogP) is 3.47. The van der Waals surface area contributed by atoms with E-state index in [1.54, 1.807) is 0 Å². The number of hydrogen-bond donors (Lipinski definition) is 1. The lowest BCUT2D eigenvalue weighted by Crippen LogP contribution is -2.29. The minimum absolute atomic E-state index is 0.757. The zero-order valence-electron chi connectivity index (χ0n) is 13.5. The van der Waals surface area contributed by atoms with Crippen molar-refractivity contribution in [2.75, 3.05) is 32.8 Å². The van der Waals surface area contributed by atoms with E-state index in [1.165, 1.54) is 0 Å². The number of rotatable bonds is 10. The molecule has 0 saturated heterocycles. The van der Waals surface area contributed by atoms with Crippen molar-refractivity contribution in [2.24, 2.45) is 0 Å². The summed E-state index contributed by atoms with van der Waals surface area (Å²) in [5.74, 6) is 0.907. The van der Waals surface area contributed by atoms with Gasteiger partial charge in [-0.2, -0.15) is 0 Å². The van der Waals surface area contributed by atoms with Gasteiger partial charge < -0.3 is 15.0 Å². The van der Waals surface area contributed by atoms with E-state index in [0.717, 1.165) is 61.9 Å². The van der Waals surface area contributed by atoms with Crippen LogP contribution in [0.4, 0.5) is 0 Å². The summed E-state index contributed by atoms with van der Waals surface area (Å²) in [6, 6.07) is 8.00. The summed E-state index contributed by atoms with van der Waals surface area (Å²) in [6.45, 7) is 11.5. The largest absolute Gasteiger partial charge is 0.494 e. The van der Waals surface area contributed by atoms with Crippen LogP contribution < -0.4 is 10.1 Å². The molecule has 0 aliphatic carbocycles. The van der Waals surface area contributed by atoms with Gasteiger partial charge in [0.2, 0.25) is 0 Å². The minimum Gasteiger partial charge on any atom is -0.494 e. The second-order valence-corrected chi connectivity index (χ2v) is 5.42. The first-order valence-corrected chi connectivity index (χ1v) is 8.35. The molecule has 0 atom stereocenters. The molecule has 0 aliphatic rings. The Hall–Kier alpha value is -1.13. The zero-order valence-corrected chi connectivity index (χ0v) is 14.3. The highest BCUT2D eigenvalue weighted by Gasteiger charge is 2.02. The van der Waals surface area contributed by atoms with Gasteiger partial charge in [0.25, 0.3) is 0 Å². The van der Waals surface area contributed by atoms with E-state index in [2.05, 4.69) is 31.0 Å². The molecule has 1 N–H and O–H groups in total. The predicted molar refractivity (Wildman–Crippen MR) is 94.3 cm³/mol. The van der Waals surface area contributed by atoms with Crippen LogP contribution in [-0.4, -0.2) is 42.7 Å². The van der Waals surface area contributed by atoms with Crippen LogP contribution in [-0.2, 0) is 0 Å². The monoisotopic (exact) mass is 308 g/mol. The van der Waals surface area contributed by atoms with E-state index >= 15 is 0 Å². The number of hydrogen-bond acceptors (Lipinski definition) is 3. The highest BCUT2D eigenvalue weighted by Crippen LogP contribution is 2.12. The van der Waals surface area contributed by atoms with E-state index in [9.17, 15) is 0 Å². The molecule has 118 valence electrons. The van der Waals surface area contributed by atoms with Crippen molar-refractivity contribution in [3.05, 3.63) is 29.8 Å². The third kappa shape index (κ3) is 6.91. The minimum atomic E-state index is 0.757. The summed E-state index contributed by atoms with van der Waals surface area (Å²) in [7, 11) is 0. The number of thiocarbonyl (C=S) groups is 1. The Bertz CT molecular complexity index is 402. The molecule has 1 aromatic carbocycles. The van der Waals surface area contributed by atoms with Crippen LogP contribution in [0.2, 0.25) is 0 Å². The van der Waals surface area contributed by atoms with Crippen LogP contribution >= 0.6 is 12.2 Å². The van der Waals surface area contributed by atoms with Crippen LogP contribution in [0.3, 0.4) is 0 Å². The van der Waals surface area contributed by atoms with Crippen molar-refractivity contribution in [3.63, 3.8) is 0 Å². The zero-order chi connectivity index (χ0) is 15.5. The maximum atomic E-state index is 5.57. The standard InChI is InChI=1S/C17H28N2OS/c1-4-14-20-16-10-8-15(9-11-16)17(21)18-12-7-13-19(5-2)6-3/h8-11H,4-7,12-14H2,1-3H3,(H,18,21). The van der Waals surface area contributed by atoms with Gasteiger partial charge in [0.05, 0.1) is 6.61 Å². The molecule has 1 aromatic rings. The fourth-order valence-corrected chi connectivity index (χ4v) is 2.31. The molecule has 0 aromatic heterocycles. The molecule has 0 amide bonds. The van der Waals surface area contributed by atoms with Gasteiger partial charge in [-0.05, 0) is 56.7 Å². The summed E-state index contributed by atoms with van der Waals surface area (Å²) in [6.07, 6.45) is 2.13. The van der Waals surface area contributed by atoms with Crippen molar-refractivity contribution >= 4 is 17.2 Å². The summed E-state index contributed by atoms with van der Waals surface area (Å²) < 4.78 is 5.57. The summed E-state index contributed by atoms with van der Waals surface area (Å²) in [5.41, 5.74) is 1.05. The van der Waals surface area contributed by atoms with Crippen LogP contribution in [0.15, 0.2) is 24.3 Å². The van der Waals surface area contributed by atoms with E-state index in [-0.39, 0.29) is 0 Å². The van der Waals surface area contributed by atoms with Crippen molar-refractivity contribution in [2.45, 2.75) is 33.6 Å². The number of nitrogens with one attached hydrogen (secondary N) is 1.